The summed E-state index contributed by atoms with van der Waals surface area (Å²) in [4.78, 5) is 13.3. The minimum atomic E-state index is 0.420. The number of fused-ring (bicyclic) bond motifs is 1. The lowest BCUT2D eigenvalue weighted by Gasteiger charge is -2.40. The van der Waals surface area contributed by atoms with E-state index in [0.717, 1.165) is 57.1 Å². The van der Waals surface area contributed by atoms with Crippen molar-refractivity contribution in [2.75, 3.05) is 37.6 Å². The lowest BCUT2D eigenvalue weighted by molar-refractivity contribution is 0.245. The molecule has 3 aromatic rings. The standard InChI is InChI=1S/C37H49ClN4/c1-6-31-27(3)39-34(25-40-17-7-8-18-40)35(36(31)42-20-15-37(4,5)16-21-42)29-12-13-30-23-41(19-14-28(30)22-29)24-32-26(2)10-9-11-33(32)38/h9-13,22H,6-8,14-21,23-25H2,1-5H3. The summed E-state index contributed by atoms with van der Waals surface area (Å²) in [6.45, 7) is 20.1. The van der Waals surface area contributed by atoms with E-state index < -0.39 is 0 Å². The topological polar surface area (TPSA) is 22.6 Å². The Morgan fingerprint density at radius 2 is 1.62 bits per heavy atom. The minimum absolute atomic E-state index is 0.420. The lowest BCUT2D eigenvalue weighted by atomic mass is 9.81. The first-order valence-electron chi connectivity index (χ1n) is 16.3. The molecule has 2 aromatic carbocycles. The Morgan fingerprint density at radius 1 is 0.857 bits per heavy atom. The maximum Gasteiger partial charge on any atom is 0.0646 e. The molecule has 42 heavy (non-hydrogen) atoms. The number of hydrogen-bond acceptors (Lipinski definition) is 4. The number of nitrogens with zero attached hydrogens (tertiary/aromatic N) is 4. The Balaban J connectivity index is 1.37. The molecular weight excluding hydrogens is 536 g/mol. The first kappa shape index (κ1) is 29.7. The van der Waals surface area contributed by atoms with Crippen molar-refractivity contribution in [1.29, 1.82) is 0 Å². The Kier molecular flexibility index (Phi) is 8.69. The monoisotopic (exact) mass is 584 g/mol. The van der Waals surface area contributed by atoms with E-state index >= 15 is 0 Å². The van der Waals surface area contributed by atoms with Crippen LogP contribution in [0.15, 0.2) is 36.4 Å². The molecule has 0 spiro atoms. The zero-order chi connectivity index (χ0) is 29.4. The van der Waals surface area contributed by atoms with E-state index in [1.807, 2.05) is 6.07 Å². The van der Waals surface area contributed by atoms with Crippen molar-refractivity contribution < 1.29 is 0 Å². The molecule has 0 amide bonds. The molecule has 0 bridgehead atoms. The summed E-state index contributed by atoms with van der Waals surface area (Å²) in [5.74, 6) is 0. The summed E-state index contributed by atoms with van der Waals surface area (Å²) < 4.78 is 0. The van der Waals surface area contributed by atoms with Gasteiger partial charge in [0.25, 0.3) is 0 Å². The van der Waals surface area contributed by atoms with Gasteiger partial charge in [0.05, 0.1) is 11.4 Å². The fraction of sp³-hybridized carbons (Fsp3) is 0.541. The number of aryl methyl sites for hydroxylation is 2. The predicted octanol–water partition coefficient (Wildman–Crippen LogP) is 8.36. The van der Waals surface area contributed by atoms with Gasteiger partial charge in [-0.25, -0.2) is 0 Å². The zero-order valence-corrected chi connectivity index (χ0v) is 27.3. The van der Waals surface area contributed by atoms with Gasteiger partial charge in [0.2, 0.25) is 0 Å². The second-order valence-corrected chi connectivity index (χ2v) is 14.2. The fourth-order valence-electron chi connectivity index (χ4n) is 7.46. The van der Waals surface area contributed by atoms with Gasteiger partial charge in [0, 0.05) is 55.5 Å². The molecule has 3 aliphatic heterocycles. The van der Waals surface area contributed by atoms with E-state index in [0.29, 0.717) is 5.41 Å². The summed E-state index contributed by atoms with van der Waals surface area (Å²) in [5, 5.41) is 0.883. The molecule has 6 rings (SSSR count). The average molecular weight is 585 g/mol. The van der Waals surface area contributed by atoms with Crippen LogP contribution in [0.2, 0.25) is 5.02 Å². The van der Waals surface area contributed by atoms with E-state index in [9.17, 15) is 0 Å². The highest BCUT2D eigenvalue weighted by Gasteiger charge is 2.31. The van der Waals surface area contributed by atoms with Gasteiger partial charge in [-0.1, -0.05) is 62.7 Å². The summed E-state index contributed by atoms with van der Waals surface area (Å²) in [6, 6.07) is 13.6. The molecule has 0 atom stereocenters. The van der Waals surface area contributed by atoms with Crippen molar-refractivity contribution in [3.63, 3.8) is 0 Å². The van der Waals surface area contributed by atoms with Crippen LogP contribution in [-0.4, -0.2) is 47.5 Å². The summed E-state index contributed by atoms with van der Waals surface area (Å²) >= 11 is 6.60. The van der Waals surface area contributed by atoms with E-state index in [2.05, 4.69) is 79.7 Å². The molecule has 2 fully saturated rings. The summed E-state index contributed by atoms with van der Waals surface area (Å²) in [6.07, 6.45) is 7.18. The minimum Gasteiger partial charge on any atom is -0.371 e. The first-order chi connectivity index (χ1) is 20.2. The van der Waals surface area contributed by atoms with Gasteiger partial charge in [-0.05, 0) is 110 Å². The average Bonchev–Trinajstić information content (AvgIpc) is 3.48. The Bertz CT molecular complexity index is 1410. The highest BCUT2D eigenvalue weighted by molar-refractivity contribution is 6.31. The molecule has 3 aliphatic rings. The van der Waals surface area contributed by atoms with Crippen LogP contribution in [0.4, 0.5) is 5.69 Å². The highest BCUT2D eigenvalue weighted by Crippen LogP contribution is 2.43. The Morgan fingerprint density at radius 3 is 2.33 bits per heavy atom. The Hall–Kier alpha value is -2.40. The molecule has 0 saturated carbocycles. The highest BCUT2D eigenvalue weighted by atomic mass is 35.5. The van der Waals surface area contributed by atoms with Crippen molar-refractivity contribution >= 4 is 17.3 Å². The van der Waals surface area contributed by atoms with Gasteiger partial charge in [0.1, 0.15) is 0 Å². The summed E-state index contributed by atoms with van der Waals surface area (Å²) in [7, 11) is 0. The van der Waals surface area contributed by atoms with Gasteiger partial charge in [-0.3, -0.25) is 14.8 Å². The fourth-order valence-corrected chi connectivity index (χ4v) is 7.74. The Labute approximate surface area is 259 Å². The van der Waals surface area contributed by atoms with Crippen molar-refractivity contribution in [3.05, 3.63) is 80.6 Å². The van der Waals surface area contributed by atoms with Gasteiger partial charge in [-0.2, -0.15) is 0 Å². The third kappa shape index (κ3) is 6.14. The lowest BCUT2D eigenvalue weighted by Crippen LogP contribution is -2.38. The predicted molar refractivity (Wildman–Crippen MR) is 178 cm³/mol. The van der Waals surface area contributed by atoms with Gasteiger partial charge in [0.15, 0.2) is 0 Å². The van der Waals surface area contributed by atoms with Crippen LogP contribution in [0, 0.1) is 19.3 Å². The van der Waals surface area contributed by atoms with E-state index in [-0.39, 0.29) is 0 Å². The molecule has 0 aliphatic carbocycles. The number of anilines is 1. The van der Waals surface area contributed by atoms with Gasteiger partial charge >= 0.3 is 0 Å². The van der Waals surface area contributed by atoms with Crippen molar-refractivity contribution in [1.82, 2.24) is 14.8 Å². The number of aromatic nitrogens is 1. The third-order valence-electron chi connectivity index (χ3n) is 10.2. The van der Waals surface area contributed by atoms with Crippen LogP contribution in [-0.2, 0) is 32.5 Å². The molecular formula is C37H49ClN4. The van der Waals surface area contributed by atoms with Crippen molar-refractivity contribution in [2.45, 2.75) is 92.8 Å². The SMILES string of the molecule is CCc1c(C)nc(CN2CCCC2)c(-c2ccc3c(c2)CCN(Cc2c(C)cccc2Cl)C3)c1N1CCC(C)(C)CC1. The van der Waals surface area contributed by atoms with Crippen LogP contribution >= 0.6 is 11.6 Å². The zero-order valence-electron chi connectivity index (χ0n) is 26.5. The van der Waals surface area contributed by atoms with Crippen LogP contribution < -0.4 is 4.90 Å². The number of piperidine rings is 1. The molecule has 1 aromatic heterocycles. The van der Waals surface area contributed by atoms with Gasteiger partial charge < -0.3 is 4.90 Å². The maximum absolute atomic E-state index is 6.60. The van der Waals surface area contributed by atoms with Gasteiger partial charge in [-0.15, -0.1) is 0 Å². The van der Waals surface area contributed by atoms with E-state index in [4.69, 9.17) is 16.6 Å². The smallest absolute Gasteiger partial charge is 0.0646 e. The molecule has 4 nitrogen and oxygen atoms in total. The molecule has 0 unspecified atom stereocenters. The van der Waals surface area contributed by atoms with E-state index in [1.54, 1.807) is 0 Å². The second-order valence-electron chi connectivity index (χ2n) is 13.8. The third-order valence-corrected chi connectivity index (χ3v) is 10.6. The number of pyridine rings is 1. The van der Waals surface area contributed by atoms with Crippen LogP contribution in [0.25, 0.3) is 11.1 Å². The van der Waals surface area contributed by atoms with Crippen LogP contribution in [0.3, 0.4) is 0 Å². The number of likely N-dealkylation sites (tertiary alicyclic amines) is 1. The molecule has 4 heterocycles. The summed E-state index contributed by atoms with van der Waals surface area (Å²) in [5.41, 5.74) is 14.1. The second kappa shape index (κ2) is 12.3. The maximum atomic E-state index is 6.60. The molecule has 0 radical (unpaired) electrons. The van der Waals surface area contributed by atoms with Crippen LogP contribution in [0.5, 0.6) is 0 Å². The van der Waals surface area contributed by atoms with E-state index in [1.165, 1.54) is 94.8 Å². The quantitative estimate of drug-likeness (QED) is 0.278. The number of rotatable bonds is 7. The molecule has 2 saturated heterocycles. The normalized spacial score (nSPS) is 19.3. The first-order valence-corrected chi connectivity index (χ1v) is 16.7. The van der Waals surface area contributed by atoms with Crippen molar-refractivity contribution in [2.24, 2.45) is 5.41 Å². The number of benzene rings is 2. The molecule has 0 N–H and O–H groups in total. The molecule has 224 valence electrons. The van der Waals surface area contributed by atoms with Crippen molar-refractivity contribution in [3.8, 4) is 11.1 Å². The number of hydrogen-bond donors (Lipinski definition) is 0. The van der Waals surface area contributed by atoms with Crippen LogP contribution in [0.1, 0.15) is 85.7 Å². The largest absolute Gasteiger partial charge is 0.371 e. The number of halogens is 1. The molecule has 5 heteroatoms.